The fourth-order valence-electron chi connectivity index (χ4n) is 6.20. The van der Waals surface area contributed by atoms with Crippen LogP contribution < -0.4 is 10.2 Å². The minimum atomic E-state index is -0.179. The highest BCUT2D eigenvalue weighted by molar-refractivity contribution is 6.09. The molecule has 2 aliphatic heterocycles. The number of anilines is 2. The molecule has 0 saturated carbocycles. The lowest BCUT2D eigenvalue weighted by molar-refractivity contribution is 0.0983. The summed E-state index contributed by atoms with van der Waals surface area (Å²) in [6.07, 6.45) is 3.17. The SMILES string of the molecule is CN1CCC2(CCN(C(=O)c3ccc(NC(=O)c4ccccc4-c4ccccc4)cc3)c3ccccc3C2)C1. The molecule has 2 aliphatic rings. The van der Waals surface area contributed by atoms with E-state index in [2.05, 4.69) is 35.5 Å². The Morgan fingerprint density at radius 3 is 2.23 bits per heavy atom. The number of fused-ring (bicyclic) bond motifs is 1. The van der Waals surface area contributed by atoms with Crippen molar-refractivity contribution in [2.45, 2.75) is 19.3 Å². The summed E-state index contributed by atoms with van der Waals surface area (Å²) in [7, 11) is 2.19. The predicted molar refractivity (Wildman–Crippen MR) is 157 cm³/mol. The number of carbonyl (C=O) groups excluding carboxylic acids is 2. The van der Waals surface area contributed by atoms with Gasteiger partial charge in [0, 0.05) is 35.6 Å². The lowest BCUT2D eigenvalue weighted by atomic mass is 9.78. The highest BCUT2D eigenvalue weighted by Gasteiger charge is 2.40. The number of nitrogens with one attached hydrogen (secondary N) is 1. The minimum absolute atomic E-state index is 0.00171. The maximum atomic E-state index is 13.8. The molecule has 2 heterocycles. The van der Waals surface area contributed by atoms with E-state index in [0.29, 0.717) is 23.4 Å². The molecule has 1 N–H and O–H groups in total. The lowest BCUT2D eigenvalue weighted by Gasteiger charge is -2.27. The lowest BCUT2D eigenvalue weighted by Crippen LogP contribution is -2.34. The molecule has 5 heteroatoms. The Morgan fingerprint density at radius 2 is 1.46 bits per heavy atom. The van der Waals surface area contributed by atoms with Crippen LogP contribution in [0.1, 0.15) is 39.1 Å². The van der Waals surface area contributed by atoms with Gasteiger partial charge >= 0.3 is 0 Å². The first-order valence-electron chi connectivity index (χ1n) is 13.7. The van der Waals surface area contributed by atoms with Crippen LogP contribution in [0.25, 0.3) is 11.1 Å². The first-order chi connectivity index (χ1) is 19.0. The summed E-state index contributed by atoms with van der Waals surface area (Å²) in [5, 5.41) is 3.01. The van der Waals surface area contributed by atoms with E-state index in [1.165, 1.54) is 12.0 Å². The summed E-state index contributed by atoms with van der Waals surface area (Å²) < 4.78 is 0. The highest BCUT2D eigenvalue weighted by atomic mass is 16.2. The molecule has 39 heavy (non-hydrogen) atoms. The molecule has 5 nitrogen and oxygen atoms in total. The molecular weight excluding hydrogens is 482 g/mol. The Hall–Kier alpha value is -4.22. The normalized spacial score (nSPS) is 18.9. The first kappa shape index (κ1) is 25.1. The van der Waals surface area contributed by atoms with Crippen molar-refractivity contribution in [1.29, 1.82) is 0 Å². The van der Waals surface area contributed by atoms with Crippen LogP contribution in [-0.2, 0) is 6.42 Å². The molecule has 1 saturated heterocycles. The van der Waals surface area contributed by atoms with Crippen LogP contribution >= 0.6 is 0 Å². The van der Waals surface area contributed by atoms with E-state index in [4.69, 9.17) is 0 Å². The van der Waals surface area contributed by atoms with E-state index in [9.17, 15) is 9.59 Å². The van der Waals surface area contributed by atoms with Crippen LogP contribution in [0.4, 0.5) is 11.4 Å². The molecular formula is C34H33N3O2. The van der Waals surface area contributed by atoms with E-state index >= 15 is 0 Å². The Kier molecular flexibility index (Phi) is 6.76. The van der Waals surface area contributed by atoms with Gasteiger partial charge in [0.1, 0.15) is 0 Å². The van der Waals surface area contributed by atoms with Gasteiger partial charge in [-0.1, -0.05) is 66.7 Å². The topological polar surface area (TPSA) is 52.6 Å². The second-order valence-electron chi connectivity index (χ2n) is 10.9. The molecule has 196 valence electrons. The zero-order chi connectivity index (χ0) is 26.8. The van der Waals surface area contributed by atoms with Crippen LogP contribution in [0.5, 0.6) is 0 Å². The number of amides is 2. The fourth-order valence-corrected chi connectivity index (χ4v) is 6.20. The number of nitrogens with zero attached hydrogens (tertiary/aromatic N) is 2. The molecule has 0 aromatic heterocycles. The number of benzene rings is 4. The van der Waals surface area contributed by atoms with Crippen molar-refractivity contribution in [2.24, 2.45) is 5.41 Å². The van der Waals surface area contributed by atoms with Gasteiger partial charge in [-0.3, -0.25) is 9.59 Å². The van der Waals surface area contributed by atoms with Gasteiger partial charge in [0.05, 0.1) is 0 Å². The van der Waals surface area contributed by atoms with E-state index in [1.807, 2.05) is 89.8 Å². The third kappa shape index (κ3) is 5.10. The van der Waals surface area contributed by atoms with Crippen LogP contribution in [-0.4, -0.2) is 43.4 Å². The van der Waals surface area contributed by atoms with E-state index in [0.717, 1.165) is 42.7 Å². The maximum Gasteiger partial charge on any atom is 0.258 e. The third-order valence-corrected chi connectivity index (χ3v) is 8.23. The van der Waals surface area contributed by atoms with Gasteiger partial charge < -0.3 is 15.1 Å². The van der Waals surface area contributed by atoms with Crippen molar-refractivity contribution < 1.29 is 9.59 Å². The van der Waals surface area contributed by atoms with Crippen molar-refractivity contribution >= 4 is 23.2 Å². The van der Waals surface area contributed by atoms with Gasteiger partial charge in [-0.2, -0.15) is 0 Å². The molecule has 1 fully saturated rings. The summed E-state index contributed by atoms with van der Waals surface area (Å²) in [5.74, 6) is -0.181. The summed E-state index contributed by atoms with van der Waals surface area (Å²) >= 11 is 0. The average Bonchev–Trinajstić information content (AvgIpc) is 3.25. The molecule has 4 aromatic rings. The van der Waals surface area contributed by atoms with Gasteiger partial charge in [0.15, 0.2) is 0 Å². The van der Waals surface area contributed by atoms with Crippen LogP contribution in [0.3, 0.4) is 0 Å². The molecule has 2 amide bonds. The summed E-state index contributed by atoms with van der Waals surface area (Å²) in [6, 6.07) is 33.1. The Morgan fingerprint density at radius 1 is 0.769 bits per heavy atom. The quantitative estimate of drug-likeness (QED) is 0.337. The zero-order valence-corrected chi connectivity index (χ0v) is 22.3. The fraction of sp³-hybridized carbons (Fsp3) is 0.235. The van der Waals surface area contributed by atoms with Gasteiger partial charge in [0.25, 0.3) is 11.8 Å². The van der Waals surface area contributed by atoms with Gasteiger partial charge in [-0.25, -0.2) is 0 Å². The average molecular weight is 516 g/mol. The Balaban J connectivity index is 1.20. The number of rotatable bonds is 4. The second kappa shape index (κ2) is 10.5. The molecule has 6 rings (SSSR count). The van der Waals surface area contributed by atoms with E-state index < -0.39 is 0 Å². The number of likely N-dealkylation sites (tertiary alicyclic amines) is 1. The van der Waals surface area contributed by atoms with Crippen LogP contribution in [0, 0.1) is 5.41 Å². The number of hydrogen-bond donors (Lipinski definition) is 1. The van der Waals surface area contributed by atoms with E-state index in [-0.39, 0.29) is 17.2 Å². The Labute approximate surface area is 230 Å². The van der Waals surface area contributed by atoms with Crippen LogP contribution in [0.2, 0.25) is 0 Å². The van der Waals surface area contributed by atoms with Gasteiger partial charge in [0.2, 0.25) is 0 Å². The molecule has 1 unspecified atom stereocenters. The number of hydrogen-bond acceptors (Lipinski definition) is 3. The first-order valence-corrected chi connectivity index (χ1v) is 13.7. The molecule has 1 spiro atoms. The van der Waals surface area contributed by atoms with Crippen molar-refractivity contribution in [1.82, 2.24) is 4.90 Å². The molecule has 0 radical (unpaired) electrons. The predicted octanol–water partition coefficient (Wildman–Crippen LogP) is 6.52. The molecule has 0 bridgehead atoms. The standard InChI is InChI=1S/C34H33N3O2/c1-36-21-19-34(24-36)20-22-37(31-14-8-5-11-27(31)23-34)33(39)26-15-17-28(18-16-26)35-32(38)30-13-7-6-12-29(30)25-9-3-2-4-10-25/h2-18H,19-24H2,1H3,(H,35,38). The molecule has 1 atom stereocenters. The van der Waals surface area contributed by atoms with Gasteiger partial charge in [-0.15, -0.1) is 0 Å². The van der Waals surface area contributed by atoms with Crippen molar-refractivity contribution in [3.8, 4) is 11.1 Å². The van der Waals surface area contributed by atoms with E-state index in [1.54, 1.807) is 0 Å². The minimum Gasteiger partial charge on any atom is -0.322 e. The number of para-hydroxylation sites is 1. The third-order valence-electron chi connectivity index (χ3n) is 8.23. The number of carbonyl (C=O) groups is 2. The monoisotopic (exact) mass is 515 g/mol. The zero-order valence-electron chi connectivity index (χ0n) is 22.3. The van der Waals surface area contributed by atoms with Crippen molar-refractivity contribution in [3.63, 3.8) is 0 Å². The second-order valence-corrected chi connectivity index (χ2v) is 10.9. The maximum absolute atomic E-state index is 13.8. The summed E-state index contributed by atoms with van der Waals surface area (Å²) in [6.45, 7) is 2.89. The van der Waals surface area contributed by atoms with Gasteiger partial charge in [-0.05, 0) is 91.4 Å². The highest BCUT2D eigenvalue weighted by Crippen LogP contribution is 2.42. The molecule has 0 aliphatic carbocycles. The molecule has 4 aromatic carbocycles. The summed E-state index contributed by atoms with van der Waals surface area (Å²) in [4.78, 5) is 31.3. The van der Waals surface area contributed by atoms with Crippen molar-refractivity contribution in [3.05, 3.63) is 120 Å². The summed E-state index contributed by atoms with van der Waals surface area (Å²) in [5.41, 5.74) is 6.25. The smallest absolute Gasteiger partial charge is 0.258 e. The van der Waals surface area contributed by atoms with Crippen molar-refractivity contribution in [2.75, 3.05) is 36.9 Å². The van der Waals surface area contributed by atoms with Crippen LogP contribution in [0.15, 0.2) is 103 Å². The largest absolute Gasteiger partial charge is 0.322 e. The Bertz CT molecular complexity index is 1500.